The minimum Gasteiger partial charge on any atom is -0.335 e. The van der Waals surface area contributed by atoms with Gasteiger partial charge in [0.05, 0.1) is 10.6 Å². The van der Waals surface area contributed by atoms with Crippen molar-refractivity contribution in [2.24, 2.45) is 11.8 Å². The molecule has 2 aromatic rings. The molecule has 184 valence electrons. The summed E-state index contributed by atoms with van der Waals surface area (Å²) in [6, 6.07) is 6.67. The summed E-state index contributed by atoms with van der Waals surface area (Å²) in [5.41, 5.74) is 1.84. The monoisotopic (exact) mass is 487 g/mol. The van der Waals surface area contributed by atoms with Gasteiger partial charge in [-0.1, -0.05) is 23.5 Å². The van der Waals surface area contributed by atoms with Crippen molar-refractivity contribution in [3.63, 3.8) is 0 Å². The van der Waals surface area contributed by atoms with Crippen LogP contribution in [0.5, 0.6) is 0 Å². The molecule has 2 fully saturated rings. The third-order valence-electron chi connectivity index (χ3n) is 6.79. The van der Waals surface area contributed by atoms with Gasteiger partial charge >= 0.3 is 6.03 Å². The summed E-state index contributed by atoms with van der Waals surface area (Å²) in [7, 11) is 0. The highest BCUT2D eigenvalue weighted by atomic mass is 32.1. The van der Waals surface area contributed by atoms with E-state index in [0.29, 0.717) is 27.5 Å². The maximum Gasteiger partial charge on any atom is 0.321 e. The maximum absolute atomic E-state index is 13.2. The summed E-state index contributed by atoms with van der Waals surface area (Å²) in [4.78, 5) is 31.8. The van der Waals surface area contributed by atoms with Crippen LogP contribution in [0.15, 0.2) is 24.3 Å². The highest BCUT2D eigenvalue weighted by Gasteiger charge is 2.30. The topological polar surface area (TPSA) is 86.4 Å². The first-order valence-corrected chi connectivity index (χ1v) is 12.9. The molecule has 3 atom stereocenters. The van der Waals surface area contributed by atoms with Crippen LogP contribution in [0.1, 0.15) is 47.1 Å². The minimum atomic E-state index is -0.270. The fourth-order valence-electron chi connectivity index (χ4n) is 5.15. The predicted octanol–water partition coefficient (Wildman–Crippen LogP) is 3.85. The molecule has 0 unspecified atom stereocenters. The van der Waals surface area contributed by atoms with E-state index in [4.69, 9.17) is 0 Å². The maximum atomic E-state index is 13.2. The van der Waals surface area contributed by atoms with Crippen LogP contribution in [0, 0.1) is 24.6 Å². The molecule has 0 radical (unpaired) electrons. The summed E-state index contributed by atoms with van der Waals surface area (Å²) in [6.45, 7) is 8.06. The Labute approximate surface area is 204 Å². The van der Waals surface area contributed by atoms with Gasteiger partial charge in [0.15, 0.2) is 10.9 Å². The van der Waals surface area contributed by atoms with E-state index in [-0.39, 0.29) is 23.7 Å². The first kappa shape index (κ1) is 24.8. The number of piperidine rings is 2. The fourth-order valence-corrected chi connectivity index (χ4v) is 6.01. The van der Waals surface area contributed by atoms with Gasteiger partial charge in [0, 0.05) is 38.5 Å². The third-order valence-corrected chi connectivity index (χ3v) is 7.97. The van der Waals surface area contributed by atoms with Crippen molar-refractivity contribution in [1.29, 1.82) is 0 Å². The Balaban J connectivity index is 1.30. The first-order chi connectivity index (χ1) is 16.4. The predicted molar refractivity (Wildman–Crippen MR) is 133 cm³/mol. The largest absolute Gasteiger partial charge is 0.335 e. The van der Waals surface area contributed by atoms with Crippen molar-refractivity contribution in [2.45, 2.75) is 45.6 Å². The molecule has 3 N–H and O–H groups in total. The zero-order chi connectivity index (χ0) is 24.1. The lowest BCUT2D eigenvalue weighted by Crippen LogP contribution is -2.54. The van der Waals surface area contributed by atoms with E-state index in [0.717, 1.165) is 52.0 Å². The number of hydrogen-bond acceptors (Lipinski definition) is 6. The normalized spacial score (nSPS) is 23.4. The van der Waals surface area contributed by atoms with Crippen molar-refractivity contribution < 1.29 is 14.0 Å². The lowest BCUT2D eigenvalue weighted by atomic mass is 9.88. The molecule has 34 heavy (non-hydrogen) atoms. The molecule has 1 aromatic carbocycles. The fraction of sp³-hybridized carbons (Fsp3) is 0.560. The number of ketones is 1. The van der Waals surface area contributed by atoms with Gasteiger partial charge in [-0.3, -0.25) is 10.1 Å². The van der Waals surface area contributed by atoms with Crippen LogP contribution in [-0.2, 0) is 6.42 Å². The van der Waals surface area contributed by atoms with Gasteiger partial charge in [-0.05, 0) is 69.3 Å². The molecule has 3 heterocycles. The van der Waals surface area contributed by atoms with Crippen LogP contribution >= 0.6 is 11.3 Å². The van der Waals surface area contributed by atoms with Crippen LogP contribution in [0.25, 0.3) is 0 Å². The molecule has 7 nitrogen and oxygen atoms in total. The van der Waals surface area contributed by atoms with Gasteiger partial charge < -0.3 is 15.5 Å². The standard InChI is InChI=1S/C25H34FN5O2S/c1-16-23(17(2)32)34-25(28-16)30-24(33)29-22-9-10-27-13-20(22)15-31-11-3-4-19(14-31)12-18-5-7-21(26)8-6-18/h5-8,19-20,22,27H,3-4,9-15H2,1-2H3,(H2,28,29,30,33)/t19-,20-,22+/m0/s1. The van der Waals surface area contributed by atoms with Crippen LogP contribution in [0.4, 0.5) is 14.3 Å². The number of aromatic nitrogens is 1. The SMILES string of the molecule is CC(=O)c1sc(NC(=O)N[C@@H]2CCNC[C@H]2CN2CCC[C@@H](Cc3ccc(F)cc3)C2)nc1C. The number of halogens is 1. The average Bonchev–Trinajstić information content (AvgIpc) is 3.17. The van der Waals surface area contributed by atoms with Gasteiger partial charge in [-0.25, -0.2) is 14.2 Å². The molecule has 2 amide bonds. The summed E-state index contributed by atoms with van der Waals surface area (Å²) in [5.74, 6) is 0.649. The van der Waals surface area contributed by atoms with Gasteiger partial charge in [0.1, 0.15) is 5.82 Å². The smallest absolute Gasteiger partial charge is 0.321 e. The molecule has 2 saturated heterocycles. The number of benzene rings is 1. The number of rotatable bonds is 7. The average molecular weight is 488 g/mol. The molecule has 0 saturated carbocycles. The number of carbonyl (C=O) groups is 2. The van der Waals surface area contributed by atoms with Crippen LogP contribution in [0.2, 0.25) is 0 Å². The number of anilines is 1. The third kappa shape index (κ3) is 6.61. The molecular weight excluding hydrogens is 453 g/mol. The van der Waals surface area contributed by atoms with Crippen molar-refractivity contribution in [2.75, 3.05) is 38.0 Å². The molecule has 9 heteroatoms. The number of nitrogens with zero attached hydrogens (tertiary/aromatic N) is 2. The van der Waals surface area contributed by atoms with Gasteiger partial charge in [-0.2, -0.15) is 0 Å². The summed E-state index contributed by atoms with van der Waals surface area (Å²) in [5, 5.41) is 9.89. The van der Waals surface area contributed by atoms with Gasteiger partial charge in [0.2, 0.25) is 0 Å². The number of urea groups is 1. The lowest BCUT2D eigenvalue weighted by molar-refractivity contribution is 0.102. The molecule has 0 spiro atoms. The number of hydrogen-bond donors (Lipinski definition) is 3. The van der Waals surface area contributed by atoms with Crippen LogP contribution in [-0.4, -0.2) is 60.5 Å². The van der Waals surface area contributed by atoms with Crippen molar-refractivity contribution >= 4 is 28.3 Å². The van der Waals surface area contributed by atoms with E-state index in [1.165, 1.54) is 30.2 Å². The number of likely N-dealkylation sites (tertiary alicyclic amines) is 1. The molecule has 2 aliphatic rings. The molecular formula is C25H34FN5O2S. The van der Waals surface area contributed by atoms with E-state index in [2.05, 4.69) is 25.8 Å². The molecule has 2 aliphatic heterocycles. The van der Waals surface area contributed by atoms with E-state index < -0.39 is 0 Å². The Kier molecular flexibility index (Phi) is 8.28. The van der Waals surface area contributed by atoms with E-state index in [1.807, 2.05) is 12.1 Å². The number of aryl methyl sites for hydroxylation is 1. The van der Waals surface area contributed by atoms with Crippen molar-refractivity contribution in [3.8, 4) is 0 Å². The first-order valence-electron chi connectivity index (χ1n) is 12.1. The second kappa shape index (κ2) is 11.4. The van der Waals surface area contributed by atoms with Gasteiger partial charge in [-0.15, -0.1) is 0 Å². The van der Waals surface area contributed by atoms with Crippen molar-refractivity contribution in [3.05, 3.63) is 46.2 Å². The second-order valence-electron chi connectivity index (χ2n) is 9.55. The van der Waals surface area contributed by atoms with Crippen molar-refractivity contribution in [1.82, 2.24) is 20.5 Å². The van der Waals surface area contributed by atoms with Gasteiger partial charge in [0.25, 0.3) is 0 Å². The number of amides is 2. The Morgan fingerprint density at radius 3 is 2.79 bits per heavy atom. The van der Waals surface area contributed by atoms with Crippen LogP contribution in [0.3, 0.4) is 0 Å². The lowest BCUT2D eigenvalue weighted by Gasteiger charge is -2.39. The Bertz CT molecular complexity index is 996. The minimum absolute atomic E-state index is 0.0406. The summed E-state index contributed by atoms with van der Waals surface area (Å²) >= 11 is 1.21. The number of carbonyl (C=O) groups excluding carboxylic acids is 2. The Morgan fingerprint density at radius 2 is 2.06 bits per heavy atom. The molecule has 0 bridgehead atoms. The Morgan fingerprint density at radius 1 is 1.26 bits per heavy atom. The summed E-state index contributed by atoms with van der Waals surface area (Å²) in [6.07, 6.45) is 4.20. The zero-order valence-corrected chi connectivity index (χ0v) is 20.7. The highest BCUT2D eigenvalue weighted by Crippen LogP contribution is 2.25. The van der Waals surface area contributed by atoms with E-state index in [1.54, 1.807) is 19.1 Å². The number of Topliss-reactive ketones (excluding diaryl/α,β-unsaturated/α-hetero) is 1. The Hall–Kier alpha value is -2.36. The molecule has 4 rings (SSSR count). The quantitative estimate of drug-likeness (QED) is 0.517. The zero-order valence-electron chi connectivity index (χ0n) is 19.9. The van der Waals surface area contributed by atoms with Crippen LogP contribution < -0.4 is 16.0 Å². The number of thiazole rings is 1. The van der Waals surface area contributed by atoms with E-state index in [9.17, 15) is 14.0 Å². The number of nitrogens with one attached hydrogen (secondary N) is 3. The highest BCUT2D eigenvalue weighted by molar-refractivity contribution is 7.17. The molecule has 0 aliphatic carbocycles. The summed E-state index contributed by atoms with van der Waals surface area (Å²) < 4.78 is 13.2. The van der Waals surface area contributed by atoms with E-state index >= 15 is 0 Å². The molecule has 1 aromatic heterocycles. The second-order valence-corrected chi connectivity index (χ2v) is 10.5.